The monoisotopic (exact) mass is 526 g/mol. The summed E-state index contributed by atoms with van der Waals surface area (Å²) in [7, 11) is 0. The molecule has 0 atom stereocenters. The summed E-state index contributed by atoms with van der Waals surface area (Å²) in [6.07, 6.45) is 3.43. The molecule has 3 amide bonds. The number of aromatic amines is 1. The molecule has 1 aliphatic heterocycles. The molecule has 0 radical (unpaired) electrons. The second-order valence-electron chi connectivity index (χ2n) is 8.89. The Morgan fingerprint density at radius 1 is 1.14 bits per heavy atom. The molecule has 1 fully saturated rings. The lowest BCUT2D eigenvalue weighted by Gasteiger charge is -2.30. The van der Waals surface area contributed by atoms with E-state index in [9.17, 15) is 18.8 Å². The molecule has 11 heteroatoms. The Kier molecular flexibility index (Phi) is 8.20. The Morgan fingerprint density at radius 3 is 2.49 bits per heavy atom. The number of carbonyl (C=O) groups excluding carboxylic acids is 3. The van der Waals surface area contributed by atoms with Crippen molar-refractivity contribution in [1.29, 1.82) is 0 Å². The minimum Gasteiger partial charge on any atom is -0.364 e. The average Bonchev–Trinajstić information content (AvgIpc) is 3.27. The van der Waals surface area contributed by atoms with E-state index in [1.807, 2.05) is 0 Å². The van der Waals surface area contributed by atoms with Crippen LogP contribution in [0.5, 0.6) is 0 Å². The SMILES string of the molecule is Cc1nc(C(=O)N(CCN2CCCCC2)c2ccc(NC(=O)c3ccc(F)cc3Cl)cc2)c(C(N)=O)[nH]1. The van der Waals surface area contributed by atoms with Crippen molar-refractivity contribution >= 4 is 40.7 Å². The number of hydrogen-bond donors (Lipinski definition) is 3. The number of primary amides is 1. The van der Waals surface area contributed by atoms with Gasteiger partial charge in [-0.2, -0.15) is 0 Å². The van der Waals surface area contributed by atoms with Gasteiger partial charge in [0.25, 0.3) is 17.7 Å². The van der Waals surface area contributed by atoms with Crippen LogP contribution < -0.4 is 16.0 Å². The van der Waals surface area contributed by atoms with Crippen LogP contribution in [0.2, 0.25) is 5.02 Å². The molecule has 2 aromatic carbocycles. The lowest BCUT2D eigenvalue weighted by atomic mass is 10.1. The van der Waals surface area contributed by atoms with Gasteiger partial charge in [-0.15, -0.1) is 0 Å². The molecule has 2 heterocycles. The minimum atomic E-state index is -0.766. The van der Waals surface area contributed by atoms with Gasteiger partial charge in [0.15, 0.2) is 5.69 Å². The van der Waals surface area contributed by atoms with Crippen LogP contribution in [0.4, 0.5) is 15.8 Å². The molecule has 0 unspecified atom stereocenters. The number of imidazole rings is 1. The van der Waals surface area contributed by atoms with E-state index in [1.54, 1.807) is 36.1 Å². The smallest absolute Gasteiger partial charge is 0.279 e. The normalized spacial score (nSPS) is 13.8. The predicted molar refractivity (Wildman–Crippen MR) is 140 cm³/mol. The minimum absolute atomic E-state index is 0.00292. The van der Waals surface area contributed by atoms with Gasteiger partial charge in [0.2, 0.25) is 0 Å². The van der Waals surface area contributed by atoms with E-state index < -0.39 is 23.5 Å². The van der Waals surface area contributed by atoms with Crippen molar-refractivity contribution in [3.8, 4) is 0 Å². The number of nitrogens with two attached hydrogens (primary N) is 1. The number of amides is 3. The number of aryl methyl sites for hydroxylation is 1. The number of nitrogens with zero attached hydrogens (tertiary/aromatic N) is 3. The van der Waals surface area contributed by atoms with Gasteiger partial charge < -0.3 is 25.8 Å². The highest BCUT2D eigenvalue weighted by molar-refractivity contribution is 6.34. The first kappa shape index (κ1) is 26.3. The molecule has 1 aromatic heterocycles. The van der Waals surface area contributed by atoms with Crippen molar-refractivity contribution in [2.24, 2.45) is 5.73 Å². The average molecular weight is 527 g/mol. The number of benzene rings is 2. The zero-order chi connectivity index (χ0) is 26.5. The van der Waals surface area contributed by atoms with Gasteiger partial charge in [-0.05, 0) is 75.3 Å². The summed E-state index contributed by atoms with van der Waals surface area (Å²) in [5, 5.41) is 2.72. The van der Waals surface area contributed by atoms with Crippen molar-refractivity contribution in [3.05, 3.63) is 76.1 Å². The molecule has 4 rings (SSSR count). The van der Waals surface area contributed by atoms with Crippen molar-refractivity contribution in [2.45, 2.75) is 26.2 Å². The maximum atomic E-state index is 13.6. The number of carbonyl (C=O) groups is 3. The molecule has 0 bridgehead atoms. The maximum absolute atomic E-state index is 13.6. The number of anilines is 2. The predicted octanol–water partition coefficient (Wildman–Crippen LogP) is 3.99. The highest BCUT2D eigenvalue weighted by Gasteiger charge is 2.27. The standard InChI is InChI=1S/C26H28ClFN6O3/c1-16-30-22(24(29)35)23(31-16)26(37)34(14-13-33-11-3-2-4-12-33)19-8-6-18(7-9-19)32-25(36)20-10-5-17(28)15-21(20)27/h5-10,15H,2-4,11-14H2,1H3,(H2,29,35)(H,30,31)(H,32,36). The van der Waals surface area contributed by atoms with Crippen LogP contribution in [-0.2, 0) is 0 Å². The van der Waals surface area contributed by atoms with Crippen LogP contribution in [0.3, 0.4) is 0 Å². The van der Waals surface area contributed by atoms with Gasteiger partial charge in [-0.25, -0.2) is 9.37 Å². The summed E-state index contributed by atoms with van der Waals surface area (Å²) >= 11 is 6.00. The Balaban J connectivity index is 1.56. The van der Waals surface area contributed by atoms with Crippen LogP contribution in [0.15, 0.2) is 42.5 Å². The van der Waals surface area contributed by atoms with E-state index >= 15 is 0 Å². The summed E-state index contributed by atoms with van der Waals surface area (Å²) in [4.78, 5) is 48.9. The van der Waals surface area contributed by atoms with Gasteiger partial charge in [-0.1, -0.05) is 18.0 Å². The number of nitrogens with one attached hydrogen (secondary N) is 2. The Bertz CT molecular complexity index is 1300. The quantitative estimate of drug-likeness (QED) is 0.409. The first-order chi connectivity index (χ1) is 17.7. The second kappa shape index (κ2) is 11.5. The number of aromatic nitrogens is 2. The van der Waals surface area contributed by atoms with Crippen LogP contribution >= 0.6 is 11.6 Å². The molecule has 194 valence electrons. The Hall–Kier alpha value is -3.76. The molecule has 0 saturated carbocycles. The van der Waals surface area contributed by atoms with Crippen LogP contribution in [-0.4, -0.2) is 58.8 Å². The summed E-state index contributed by atoms with van der Waals surface area (Å²) in [6, 6.07) is 10.2. The van der Waals surface area contributed by atoms with Crippen molar-refractivity contribution in [1.82, 2.24) is 14.9 Å². The summed E-state index contributed by atoms with van der Waals surface area (Å²) in [6.45, 7) is 4.61. The number of hydrogen-bond acceptors (Lipinski definition) is 5. The number of piperidine rings is 1. The van der Waals surface area contributed by atoms with Crippen LogP contribution in [0, 0.1) is 12.7 Å². The van der Waals surface area contributed by atoms with E-state index in [0.29, 0.717) is 30.3 Å². The fourth-order valence-electron chi connectivity index (χ4n) is 4.32. The maximum Gasteiger partial charge on any atom is 0.279 e. The number of halogens is 2. The van der Waals surface area contributed by atoms with E-state index in [-0.39, 0.29) is 22.0 Å². The van der Waals surface area contributed by atoms with Crippen LogP contribution in [0.25, 0.3) is 0 Å². The molecule has 4 N–H and O–H groups in total. The van der Waals surface area contributed by atoms with Crippen molar-refractivity contribution < 1.29 is 18.8 Å². The highest BCUT2D eigenvalue weighted by atomic mass is 35.5. The molecule has 1 saturated heterocycles. The largest absolute Gasteiger partial charge is 0.364 e. The summed E-state index contributed by atoms with van der Waals surface area (Å²) in [5.74, 6) is -1.84. The molecule has 37 heavy (non-hydrogen) atoms. The van der Waals surface area contributed by atoms with E-state index in [1.165, 1.54) is 12.5 Å². The molecular formula is C26H28ClFN6O3. The van der Waals surface area contributed by atoms with Crippen molar-refractivity contribution in [3.63, 3.8) is 0 Å². The third kappa shape index (κ3) is 6.33. The van der Waals surface area contributed by atoms with Gasteiger partial charge in [0, 0.05) is 24.5 Å². The Labute approximate surface area is 218 Å². The van der Waals surface area contributed by atoms with Gasteiger partial charge in [0.05, 0.1) is 10.6 Å². The molecule has 3 aromatic rings. The third-order valence-electron chi connectivity index (χ3n) is 6.22. The van der Waals surface area contributed by atoms with E-state index in [4.69, 9.17) is 17.3 Å². The summed E-state index contributed by atoms with van der Waals surface area (Å²) < 4.78 is 13.3. The topological polar surface area (TPSA) is 124 Å². The fraction of sp³-hybridized carbons (Fsp3) is 0.308. The third-order valence-corrected chi connectivity index (χ3v) is 6.53. The number of H-pyrrole nitrogens is 1. The zero-order valence-electron chi connectivity index (χ0n) is 20.4. The Morgan fingerprint density at radius 2 is 1.84 bits per heavy atom. The number of rotatable bonds is 8. The van der Waals surface area contributed by atoms with Gasteiger partial charge >= 0.3 is 0 Å². The molecule has 0 aliphatic carbocycles. The zero-order valence-corrected chi connectivity index (χ0v) is 21.1. The lowest BCUT2D eigenvalue weighted by molar-refractivity contribution is 0.0952. The van der Waals surface area contributed by atoms with Crippen molar-refractivity contribution in [2.75, 3.05) is 36.4 Å². The fourth-order valence-corrected chi connectivity index (χ4v) is 4.57. The first-order valence-electron chi connectivity index (χ1n) is 12.0. The number of likely N-dealkylation sites (tertiary alicyclic amines) is 1. The molecular weight excluding hydrogens is 499 g/mol. The van der Waals surface area contributed by atoms with E-state index in [0.717, 1.165) is 38.1 Å². The first-order valence-corrected chi connectivity index (χ1v) is 12.4. The van der Waals surface area contributed by atoms with Gasteiger partial charge in [0.1, 0.15) is 17.3 Å². The molecule has 1 aliphatic rings. The van der Waals surface area contributed by atoms with Gasteiger partial charge in [-0.3, -0.25) is 14.4 Å². The second-order valence-corrected chi connectivity index (χ2v) is 9.30. The lowest BCUT2D eigenvalue weighted by Crippen LogP contribution is -2.41. The molecule has 0 spiro atoms. The highest BCUT2D eigenvalue weighted by Crippen LogP contribution is 2.23. The molecule has 9 nitrogen and oxygen atoms in total. The van der Waals surface area contributed by atoms with E-state index in [2.05, 4.69) is 20.2 Å². The van der Waals surface area contributed by atoms with Crippen LogP contribution in [0.1, 0.15) is 56.4 Å². The summed E-state index contributed by atoms with van der Waals surface area (Å²) in [5.41, 5.74) is 6.56.